The van der Waals surface area contributed by atoms with Crippen LogP contribution in [0, 0.1) is 0 Å². The maximum absolute atomic E-state index is 13.1. The van der Waals surface area contributed by atoms with Gasteiger partial charge in [-0.1, -0.05) is 446 Å². The van der Waals surface area contributed by atoms with Crippen LogP contribution in [0.3, 0.4) is 0 Å². The third-order valence-corrected chi connectivity index (χ3v) is 23.7. The van der Waals surface area contributed by atoms with Crippen LogP contribution in [-0.2, 0) is 55.8 Å². The SMILES string of the molecule is CC/C=C\C/C=C\C/C=C\C/C=C\C/C=C\C/C=C\CCCCCCCCCCCCCCC(=O)OCC(O)COP(=O)(O)OCC(O)COP(=O)(O)OCC(COC(=O)CCCCCCCCCCCCCCCCC/C=C\C/C=C\C/C=C\C/C=C\C/C=C\CC)OC(=O)CCCCCCCCCCCCCCCCC/C=C\C/C=C\C/C=C\C/C=C\C/C=C\CC. The number of allylic oxidation sites excluding steroid dienone is 32. The molecule has 0 heterocycles. The summed E-state index contributed by atoms with van der Waals surface area (Å²) in [5.41, 5.74) is 0. The van der Waals surface area contributed by atoms with E-state index in [0.29, 0.717) is 19.3 Å². The van der Waals surface area contributed by atoms with E-state index in [2.05, 4.69) is 215 Å². The van der Waals surface area contributed by atoms with E-state index in [4.69, 9.17) is 32.3 Å². The smallest absolute Gasteiger partial charge is 0.463 e. The van der Waals surface area contributed by atoms with Crippen molar-refractivity contribution in [3.05, 3.63) is 194 Å². The number of hydrogen-bond donors (Lipinski definition) is 4. The molecule has 0 saturated carbocycles. The highest BCUT2D eigenvalue weighted by Crippen LogP contribution is 2.45. The summed E-state index contributed by atoms with van der Waals surface area (Å²) in [6, 6.07) is 0. The highest BCUT2D eigenvalue weighted by Gasteiger charge is 2.30. The van der Waals surface area contributed by atoms with Gasteiger partial charge in [0.25, 0.3) is 0 Å². The first kappa shape index (κ1) is 123. The van der Waals surface area contributed by atoms with E-state index in [0.717, 1.165) is 180 Å². The fraction of sp³-hybridized carbons (Fsp3) is 0.685. The van der Waals surface area contributed by atoms with Gasteiger partial charge in [-0.3, -0.25) is 32.5 Å². The number of esters is 3. The molecule has 738 valence electrons. The third-order valence-electron chi connectivity index (χ3n) is 21.8. The summed E-state index contributed by atoms with van der Waals surface area (Å²) in [7, 11) is -9.82. The summed E-state index contributed by atoms with van der Waals surface area (Å²) in [5.74, 6) is -1.56. The maximum atomic E-state index is 13.1. The molecule has 0 aliphatic carbocycles. The van der Waals surface area contributed by atoms with Gasteiger partial charge in [0.1, 0.15) is 25.4 Å². The van der Waals surface area contributed by atoms with E-state index in [1.165, 1.54) is 193 Å². The number of aliphatic hydroxyl groups excluding tert-OH is 2. The van der Waals surface area contributed by atoms with E-state index in [1.54, 1.807) is 0 Å². The molecule has 0 aromatic heterocycles. The first-order valence-corrected chi connectivity index (χ1v) is 54.7. The predicted molar refractivity (Wildman–Crippen MR) is 546 cm³/mol. The van der Waals surface area contributed by atoms with Crippen LogP contribution in [0.1, 0.15) is 432 Å². The van der Waals surface area contributed by atoms with Crippen LogP contribution in [0.4, 0.5) is 0 Å². The Bertz CT molecular complexity index is 3130. The van der Waals surface area contributed by atoms with Gasteiger partial charge < -0.3 is 34.2 Å². The largest absolute Gasteiger partial charge is 0.472 e. The number of phosphoric acid groups is 2. The van der Waals surface area contributed by atoms with Gasteiger partial charge in [0.15, 0.2) is 6.10 Å². The Morgan fingerprint density at radius 2 is 0.388 bits per heavy atom. The first-order chi connectivity index (χ1) is 63.2. The minimum absolute atomic E-state index is 0.101. The minimum Gasteiger partial charge on any atom is -0.463 e. The molecule has 5 unspecified atom stereocenters. The molecule has 0 radical (unpaired) electrons. The molecule has 0 bridgehead atoms. The number of rotatable bonds is 97. The predicted octanol–water partition coefficient (Wildman–Crippen LogP) is 32.9. The zero-order chi connectivity index (χ0) is 93.5. The Morgan fingerprint density at radius 1 is 0.217 bits per heavy atom. The lowest BCUT2D eigenvalue weighted by Crippen LogP contribution is -2.30. The lowest BCUT2D eigenvalue weighted by Gasteiger charge is -2.21. The van der Waals surface area contributed by atoms with Crippen molar-refractivity contribution >= 4 is 33.6 Å². The van der Waals surface area contributed by atoms with Crippen LogP contribution in [-0.4, -0.2) is 95.9 Å². The molecule has 129 heavy (non-hydrogen) atoms. The molecule has 0 saturated heterocycles. The molecule has 0 aliphatic rings. The summed E-state index contributed by atoms with van der Waals surface area (Å²) >= 11 is 0. The van der Waals surface area contributed by atoms with E-state index in [-0.39, 0.29) is 19.3 Å². The van der Waals surface area contributed by atoms with Crippen LogP contribution in [0.5, 0.6) is 0 Å². The molecule has 0 rings (SSSR count). The second kappa shape index (κ2) is 101. The van der Waals surface area contributed by atoms with Crippen molar-refractivity contribution in [1.82, 2.24) is 0 Å². The zero-order valence-corrected chi connectivity index (χ0v) is 83.6. The van der Waals surface area contributed by atoms with Crippen LogP contribution >= 0.6 is 15.6 Å². The second-order valence-electron chi connectivity index (χ2n) is 34.2. The van der Waals surface area contributed by atoms with Crippen LogP contribution in [0.2, 0.25) is 0 Å². The van der Waals surface area contributed by atoms with Gasteiger partial charge in [-0.2, -0.15) is 0 Å². The monoisotopic (exact) mass is 1840 g/mol. The Kier molecular flexibility index (Phi) is 97.0. The van der Waals surface area contributed by atoms with Gasteiger partial charge in [0.05, 0.1) is 26.4 Å². The van der Waals surface area contributed by atoms with Crippen molar-refractivity contribution in [2.45, 2.75) is 450 Å². The number of aliphatic hydroxyl groups is 2. The van der Waals surface area contributed by atoms with Gasteiger partial charge in [0, 0.05) is 19.3 Å². The zero-order valence-electron chi connectivity index (χ0n) is 81.8. The highest BCUT2D eigenvalue weighted by atomic mass is 31.2. The van der Waals surface area contributed by atoms with Crippen LogP contribution < -0.4 is 0 Å². The molecule has 0 aromatic rings. The van der Waals surface area contributed by atoms with Crippen LogP contribution in [0.15, 0.2) is 194 Å². The highest BCUT2D eigenvalue weighted by molar-refractivity contribution is 7.47. The van der Waals surface area contributed by atoms with Crippen molar-refractivity contribution < 1.29 is 75.8 Å². The summed E-state index contributed by atoms with van der Waals surface area (Å²) < 4.78 is 61.7. The molecular weight excluding hydrogens is 1650 g/mol. The number of carbonyl (C=O) groups excluding carboxylic acids is 3. The van der Waals surface area contributed by atoms with Crippen LogP contribution in [0.25, 0.3) is 0 Å². The Balaban J connectivity index is 4.65. The average molecular weight is 1840 g/mol. The number of phosphoric ester groups is 2. The summed E-state index contributed by atoms with van der Waals surface area (Å²) in [6.45, 7) is 2.41. The summed E-state index contributed by atoms with van der Waals surface area (Å²) in [6.07, 6.45) is 136. The maximum Gasteiger partial charge on any atom is 0.472 e. The molecule has 4 N–H and O–H groups in total. The van der Waals surface area contributed by atoms with Crippen molar-refractivity contribution in [3.8, 4) is 0 Å². The van der Waals surface area contributed by atoms with Crippen molar-refractivity contribution in [1.29, 1.82) is 0 Å². The molecular formula is C111H188O16P2. The molecule has 0 amide bonds. The quantitative estimate of drug-likeness (QED) is 0.0146. The fourth-order valence-electron chi connectivity index (χ4n) is 14.1. The van der Waals surface area contributed by atoms with E-state index >= 15 is 0 Å². The number of ether oxygens (including phenoxy) is 3. The molecule has 16 nitrogen and oxygen atoms in total. The minimum atomic E-state index is -4.95. The second-order valence-corrected chi connectivity index (χ2v) is 37.1. The average Bonchev–Trinajstić information content (AvgIpc) is 0.895. The van der Waals surface area contributed by atoms with Gasteiger partial charge in [-0.15, -0.1) is 0 Å². The van der Waals surface area contributed by atoms with E-state index < -0.39 is 91.5 Å². The molecule has 0 aliphatic heterocycles. The first-order valence-electron chi connectivity index (χ1n) is 51.7. The van der Waals surface area contributed by atoms with Crippen molar-refractivity contribution in [3.63, 3.8) is 0 Å². The third kappa shape index (κ3) is 103. The van der Waals surface area contributed by atoms with Crippen molar-refractivity contribution in [2.75, 3.05) is 39.6 Å². The molecule has 0 aromatic carbocycles. The molecule has 18 heteroatoms. The van der Waals surface area contributed by atoms with E-state index in [9.17, 15) is 43.5 Å². The van der Waals surface area contributed by atoms with Gasteiger partial charge in [-0.05, 0) is 161 Å². The fourth-order valence-corrected chi connectivity index (χ4v) is 15.7. The lowest BCUT2D eigenvalue weighted by atomic mass is 10.0. The standard InChI is InChI=1S/C111H188O16P2/c1-4-7-10-13-16-19-22-25-28-31-34-37-40-43-46-49-52-55-58-61-64-67-70-73-76-79-82-85-88-91-94-97-109(114)121-100-106(112)101-123-128(117,118)124-102-107(113)103-125-129(119,120)126-105-108(127-111(116)99-96-93-90-87-84-81-78-75-72-69-66-63-60-57-54-51-48-45-42-39-36-33-30-27-24-21-18-15-12-9-6-3)104-122-110(115)98-95-92-89-86-83-80-77-74-71-68-65-62-59-56-53-50-47-44-41-38-35-32-29-26-23-20-17-14-11-8-5-2/h7-12,16-21,25-30,34-39,43-48,52,55,106-108,112-113H,4-6,13-15,22-24,31-33,40-42,49-51,53-54,56-105H2,1-3H3,(H,117,118)(H,119,120)/b10-7-,11-8-,12-9-,19-16-,20-17-,21-18-,28-25-,29-26-,30-27-,37-34-,38-35-,39-36-,46-43-,47-44-,48-45-,55-52-. The number of hydrogen-bond acceptors (Lipinski definition) is 14. The van der Waals surface area contributed by atoms with Gasteiger partial charge >= 0.3 is 33.6 Å². The summed E-state index contributed by atoms with van der Waals surface area (Å²) in [4.78, 5) is 59.3. The Hall–Kier alpha value is -5.61. The van der Waals surface area contributed by atoms with E-state index in [1.807, 2.05) is 0 Å². The topological polar surface area (TPSA) is 231 Å². The molecule has 0 spiro atoms. The molecule has 0 fully saturated rings. The summed E-state index contributed by atoms with van der Waals surface area (Å²) in [5, 5.41) is 20.8. The van der Waals surface area contributed by atoms with Crippen molar-refractivity contribution in [2.24, 2.45) is 0 Å². The Morgan fingerprint density at radius 3 is 0.612 bits per heavy atom. The van der Waals surface area contributed by atoms with Gasteiger partial charge in [-0.25, -0.2) is 9.13 Å². The molecule has 5 atom stereocenters. The lowest BCUT2D eigenvalue weighted by molar-refractivity contribution is -0.161. The number of unbranched alkanes of at least 4 members (excludes halogenated alkanes) is 42. The normalized spacial score (nSPS) is 14.4. The Labute approximate surface area is 788 Å². The van der Waals surface area contributed by atoms with Gasteiger partial charge in [0.2, 0.25) is 0 Å². The number of carbonyl (C=O) groups is 3.